The molecular formula is C8H8ClF. The summed E-state index contributed by atoms with van der Waals surface area (Å²) in [7, 11) is 0. The van der Waals surface area contributed by atoms with Gasteiger partial charge >= 0.3 is 0 Å². The van der Waals surface area contributed by atoms with Crippen molar-refractivity contribution in [2.24, 2.45) is 0 Å². The normalized spacial score (nSPS) is 13.1. The molecule has 0 saturated carbocycles. The molecule has 0 unspecified atom stereocenters. The molecule has 0 bridgehead atoms. The minimum atomic E-state index is -0.231. The van der Waals surface area contributed by atoms with E-state index in [2.05, 4.69) is 0 Å². The Kier molecular flexibility index (Phi) is 2.28. The second-order valence-corrected chi connectivity index (χ2v) is 2.83. The predicted octanol–water partition coefficient (Wildman–Crippen LogP) is 3.13. The summed E-state index contributed by atoms with van der Waals surface area (Å²) in [6, 6.07) is 6.31. The van der Waals surface area contributed by atoms with Gasteiger partial charge in [0.05, 0.1) is 5.38 Å². The average Bonchev–Trinajstić information content (AvgIpc) is 1.88. The van der Waals surface area contributed by atoms with Crippen molar-refractivity contribution >= 4 is 11.6 Å². The van der Waals surface area contributed by atoms with Crippen molar-refractivity contribution in [1.82, 2.24) is 0 Å². The van der Waals surface area contributed by atoms with Crippen LogP contribution in [0.5, 0.6) is 0 Å². The SMILES string of the molecule is C[C@@H](Cl)c1cccc(F)c1. The molecule has 0 aliphatic heterocycles. The summed E-state index contributed by atoms with van der Waals surface area (Å²) in [5, 5.41) is -0.115. The second-order valence-electron chi connectivity index (χ2n) is 2.17. The number of rotatable bonds is 1. The summed E-state index contributed by atoms with van der Waals surface area (Å²) in [6.45, 7) is 1.82. The van der Waals surface area contributed by atoms with E-state index in [0.29, 0.717) is 0 Å². The van der Waals surface area contributed by atoms with Gasteiger partial charge in [-0.05, 0) is 24.6 Å². The van der Waals surface area contributed by atoms with E-state index in [1.807, 2.05) is 6.92 Å². The maximum Gasteiger partial charge on any atom is 0.123 e. The molecule has 0 aromatic heterocycles. The van der Waals surface area contributed by atoms with Crippen molar-refractivity contribution in [3.05, 3.63) is 35.6 Å². The van der Waals surface area contributed by atoms with Gasteiger partial charge in [0, 0.05) is 0 Å². The molecular weight excluding hydrogens is 151 g/mol. The Bertz CT molecular complexity index is 220. The second kappa shape index (κ2) is 3.02. The van der Waals surface area contributed by atoms with Crippen molar-refractivity contribution in [2.75, 3.05) is 0 Å². The molecule has 1 atom stereocenters. The molecule has 0 N–H and O–H groups in total. The Hall–Kier alpha value is -0.560. The fourth-order valence-electron chi connectivity index (χ4n) is 0.754. The van der Waals surface area contributed by atoms with E-state index >= 15 is 0 Å². The summed E-state index contributed by atoms with van der Waals surface area (Å²) in [5.74, 6) is -0.231. The zero-order valence-corrected chi connectivity index (χ0v) is 6.40. The molecule has 0 saturated heterocycles. The van der Waals surface area contributed by atoms with Crippen LogP contribution in [-0.4, -0.2) is 0 Å². The molecule has 0 spiro atoms. The van der Waals surface area contributed by atoms with Crippen LogP contribution in [0.25, 0.3) is 0 Å². The molecule has 0 amide bonds. The number of alkyl halides is 1. The Balaban J connectivity index is 2.96. The van der Waals surface area contributed by atoms with Crippen LogP contribution >= 0.6 is 11.6 Å². The van der Waals surface area contributed by atoms with Crippen molar-refractivity contribution in [1.29, 1.82) is 0 Å². The van der Waals surface area contributed by atoms with Gasteiger partial charge in [-0.15, -0.1) is 11.6 Å². The van der Waals surface area contributed by atoms with E-state index in [4.69, 9.17) is 11.6 Å². The van der Waals surface area contributed by atoms with Crippen LogP contribution in [0.15, 0.2) is 24.3 Å². The van der Waals surface area contributed by atoms with E-state index in [-0.39, 0.29) is 11.2 Å². The molecule has 1 aromatic rings. The third kappa shape index (κ3) is 1.71. The van der Waals surface area contributed by atoms with Gasteiger partial charge in [0.1, 0.15) is 5.82 Å². The van der Waals surface area contributed by atoms with Crippen LogP contribution in [-0.2, 0) is 0 Å². The quantitative estimate of drug-likeness (QED) is 0.551. The Morgan fingerprint density at radius 1 is 1.50 bits per heavy atom. The zero-order valence-electron chi connectivity index (χ0n) is 5.64. The van der Waals surface area contributed by atoms with Crippen molar-refractivity contribution in [3.8, 4) is 0 Å². The summed E-state index contributed by atoms with van der Waals surface area (Å²) in [5.41, 5.74) is 0.821. The Morgan fingerprint density at radius 3 is 2.60 bits per heavy atom. The minimum Gasteiger partial charge on any atom is -0.207 e. The summed E-state index contributed by atoms with van der Waals surface area (Å²) >= 11 is 5.71. The standard InChI is InChI=1S/C8H8ClF/c1-6(9)7-3-2-4-8(10)5-7/h2-6H,1H3/t6-/m1/s1. The van der Waals surface area contributed by atoms with Crippen molar-refractivity contribution in [3.63, 3.8) is 0 Å². The van der Waals surface area contributed by atoms with Crippen molar-refractivity contribution < 1.29 is 4.39 Å². The summed E-state index contributed by atoms with van der Waals surface area (Å²) < 4.78 is 12.5. The monoisotopic (exact) mass is 158 g/mol. The first kappa shape index (κ1) is 7.55. The molecule has 0 aliphatic rings. The lowest BCUT2D eigenvalue weighted by atomic mass is 10.2. The fraction of sp³-hybridized carbons (Fsp3) is 0.250. The first-order valence-electron chi connectivity index (χ1n) is 3.09. The Morgan fingerprint density at radius 2 is 2.20 bits per heavy atom. The fourth-order valence-corrected chi connectivity index (χ4v) is 0.890. The highest BCUT2D eigenvalue weighted by atomic mass is 35.5. The van der Waals surface area contributed by atoms with Gasteiger partial charge in [-0.1, -0.05) is 12.1 Å². The predicted molar refractivity (Wildman–Crippen MR) is 40.7 cm³/mol. The number of hydrogen-bond donors (Lipinski definition) is 0. The van der Waals surface area contributed by atoms with E-state index in [0.717, 1.165) is 5.56 Å². The smallest absolute Gasteiger partial charge is 0.123 e. The van der Waals surface area contributed by atoms with Gasteiger partial charge in [0.25, 0.3) is 0 Å². The van der Waals surface area contributed by atoms with Crippen LogP contribution in [0.1, 0.15) is 17.9 Å². The van der Waals surface area contributed by atoms with E-state index < -0.39 is 0 Å². The van der Waals surface area contributed by atoms with Crippen molar-refractivity contribution in [2.45, 2.75) is 12.3 Å². The molecule has 0 fully saturated rings. The topological polar surface area (TPSA) is 0 Å². The van der Waals surface area contributed by atoms with E-state index in [9.17, 15) is 4.39 Å². The lowest BCUT2D eigenvalue weighted by molar-refractivity contribution is 0.625. The minimum absolute atomic E-state index is 0.115. The molecule has 54 valence electrons. The first-order chi connectivity index (χ1) is 4.70. The number of hydrogen-bond acceptors (Lipinski definition) is 0. The third-order valence-corrected chi connectivity index (χ3v) is 1.56. The molecule has 2 heteroatoms. The van der Waals surface area contributed by atoms with E-state index in [1.165, 1.54) is 12.1 Å². The maximum absolute atomic E-state index is 12.5. The van der Waals surface area contributed by atoms with E-state index in [1.54, 1.807) is 12.1 Å². The highest BCUT2D eigenvalue weighted by molar-refractivity contribution is 6.20. The lowest BCUT2D eigenvalue weighted by Gasteiger charge is -2.00. The van der Waals surface area contributed by atoms with Crippen LogP contribution in [0.4, 0.5) is 4.39 Å². The first-order valence-corrected chi connectivity index (χ1v) is 3.53. The van der Waals surface area contributed by atoms with Gasteiger partial charge < -0.3 is 0 Å². The molecule has 0 nitrogen and oxygen atoms in total. The largest absolute Gasteiger partial charge is 0.207 e. The molecule has 1 rings (SSSR count). The van der Waals surface area contributed by atoms with Gasteiger partial charge in [-0.2, -0.15) is 0 Å². The van der Waals surface area contributed by atoms with Crippen LogP contribution < -0.4 is 0 Å². The molecule has 0 aliphatic carbocycles. The average molecular weight is 159 g/mol. The Labute approximate surface area is 64.6 Å². The molecule has 0 heterocycles. The zero-order chi connectivity index (χ0) is 7.56. The summed E-state index contributed by atoms with van der Waals surface area (Å²) in [6.07, 6.45) is 0. The third-order valence-electron chi connectivity index (χ3n) is 1.31. The van der Waals surface area contributed by atoms with Crippen LogP contribution in [0, 0.1) is 5.82 Å². The number of halogens is 2. The molecule has 0 radical (unpaired) electrons. The summed E-state index contributed by atoms with van der Waals surface area (Å²) in [4.78, 5) is 0. The molecule has 10 heavy (non-hydrogen) atoms. The number of benzene rings is 1. The van der Waals surface area contributed by atoms with Gasteiger partial charge in [0.15, 0.2) is 0 Å². The van der Waals surface area contributed by atoms with Gasteiger partial charge in [-0.3, -0.25) is 0 Å². The maximum atomic E-state index is 12.5. The highest BCUT2D eigenvalue weighted by Crippen LogP contribution is 2.19. The highest BCUT2D eigenvalue weighted by Gasteiger charge is 1.99. The van der Waals surface area contributed by atoms with Gasteiger partial charge in [-0.25, -0.2) is 4.39 Å². The van der Waals surface area contributed by atoms with Crippen LogP contribution in [0.3, 0.4) is 0 Å². The van der Waals surface area contributed by atoms with Gasteiger partial charge in [0.2, 0.25) is 0 Å². The molecule has 1 aromatic carbocycles. The van der Waals surface area contributed by atoms with Crippen LogP contribution in [0.2, 0.25) is 0 Å². The lowest BCUT2D eigenvalue weighted by Crippen LogP contribution is -1.84.